The Hall–Kier alpha value is -3.48. The third kappa shape index (κ3) is 3.36. The van der Waals surface area contributed by atoms with E-state index >= 15 is 0 Å². The number of carbonyl (C=O) groups excluding carboxylic acids is 1. The molecule has 7 heteroatoms. The zero-order valence-electron chi connectivity index (χ0n) is 16.9. The Kier molecular flexibility index (Phi) is 4.89. The van der Waals surface area contributed by atoms with Crippen LogP contribution in [-0.2, 0) is 4.79 Å². The molecule has 0 unspecified atom stereocenters. The molecule has 0 amide bonds. The highest BCUT2D eigenvalue weighted by molar-refractivity contribution is 5.92. The first-order chi connectivity index (χ1) is 14.3. The smallest absolute Gasteiger partial charge is 0.311 e. The van der Waals surface area contributed by atoms with E-state index in [2.05, 4.69) is 0 Å². The highest BCUT2D eigenvalue weighted by Crippen LogP contribution is 2.45. The number of carbonyl (C=O) groups is 1. The predicted octanol–water partition coefficient (Wildman–Crippen LogP) is 4.32. The second-order valence-electron chi connectivity index (χ2n) is 7.88. The fourth-order valence-electron chi connectivity index (χ4n) is 4.01. The van der Waals surface area contributed by atoms with E-state index in [0.717, 1.165) is 0 Å². The third-order valence-corrected chi connectivity index (χ3v) is 5.25. The highest BCUT2D eigenvalue weighted by Gasteiger charge is 2.32. The molecule has 4 rings (SSSR count). The summed E-state index contributed by atoms with van der Waals surface area (Å²) in [7, 11) is 1.44. The summed E-state index contributed by atoms with van der Waals surface area (Å²) in [6, 6.07) is 7.23. The quantitative estimate of drug-likeness (QED) is 0.487. The van der Waals surface area contributed by atoms with Crippen LogP contribution in [0.25, 0.3) is 22.3 Å². The minimum Gasteiger partial charge on any atom is -0.507 e. The second kappa shape index (κ2) is 7.40. The van der Waals surface area contributed by atoms with Crippen LogP contribution in [0.1, 0.15) is 38.2 Å². The minimum atomic E-state index is -0.429. The van der Waals surface area contributed by atoms with Gasteiger partial charge in [0.1, 0.15) is 28.2 Å². The van der Waals surface area contributed by atoms with Crippen molar-refractivity contribution in [3.63, 3.8) is 0 Å². The molecule has 0 radical (unpaired) electrons. The molecular formula is C23H22O7. The summed E-state index contributed by atoms with van der Waals surface area (Å²) in [5.74, 6) is 0.0320. The van der Waals surface area contributed by atoms with Crippen LogP contribution in [0.15, 0.2) is 39.5 Å². The lowest BCUT2D eigenvalue weighted by molar-refractivity contribution is -0.136. The van der Waals surface area contributed by atoms with Gasteiger partial charge >= 0.3 is 5.97 Å². The Labute approximate surface area is 172 Å². The molecule has 156 valence electrons. The molecule has 1 aliphatic heterocycles. The van der Waals surface area contributed by atoms with E-state index in [1.54, 1.807) is 12.1 Å². The molecule has 2 heterocycles. The van der Waals surface area contributed by atoms with Gasteiger partial charge in [-0.3, -0.25) is 9.59 Å². The number of hydrogen-bond donors (Lipinski definition) is 2. The summed E-state index contributed by atoms with van der Waals surface area (Å²) in [5, 5.41) is 20.6. The molecule has 0 aliphatic carbocycles. The molecule has 0 saturated heterocycles. The molecule has 0 fully saturated rings. The standard InChI is InChI=1S/C23H22O7/c1-11(2)6-13-8-20(27)29-19-10-16(26)22-15(25)9-18(30-23(22)21(13)19)12-4-5-17(28-3)14(24)7-12/h4-5,7,9-11,13,24,26H,6,8H2,1-3H3/t13-/m0/s1. The Morgan fingerprint density at radius 3 is 2.57 bits per heavy atom. The molecule has 0 bridgehead atoms. The van der Waals surface area contributed by atoms with Crippen LogP contribution in [-0.4, -0.2) is 23.3 Å². The van der Waals surface area contributed by atoms with Crippen molar-refractivity contribution >= 4 is 16.9 Å². The van der Waals surface area contributed by atoms with E-state index in [0.29, 0.717) is 29.2 Å². The first-order valence-corrected chi connectivity index (χ1v) is 9.70. The number of methoxy groups -OCH3 is 1. The van der Waals surface area contributed by atoms with Gasteiger partial charge in [-0.15, -0.1) is 0 Å². The Morgan fingerprint density at radius 2 is 1.90 bits per heavy atom. The van der Waals surface area contributed by atoms with Gasteiger partial charge in [-0.05, 0) is 30.5 Å². The third-order valence-electron chi connectivity index (χ3n) is 5.25. The van der Waals surface area contributed by atoms with Crippen molar-refractivity contribution in [2.45, 2.75) is 32.6 Å². The topological polar surface area (TPSA) is 106 Å². The number of aromatic hydroxyl groups is 2. The molecule has 0 saturated carbocycles. The fraction of sp³-hybridized carbons (Fsp3) is 0.304. The van der Waals surface area contributed by atoms with E-state index < -0.39 is 5.43 Å². The summed E-state index contributed by atoms with van der Waals surface area (Å²) in [4.78, 5) is 24.9. The van der Waals surface area contributed by atoms with Gasteiger partial charge < -0.3 is 24.1 Å². The molecule has 3 aromatic rings. The van der Waals surface area contributed by atoms with E-state index in [9.17, 15) is 19.8 Å². The van der Waals surface area contributed by atoms with Gasteiger partial charge in [-0.25, -0.2) is 0 Å². The van der Waals surface area contributed by atoms with E-state index in [-0.39, 0.29) is 52.3 Å². The van der Waals surface area contributed by atoms with Crippen LogP contribution in [0.5, 0.6) is 23.0 Å². The lowest BCUT2D eigenvalue weighted by Gasteiger charge is -2.26. The molecule has 1 atom stereocenters. The maximum atomic E-state index is 12.9. The Bertz CT molecular complexity index is 1210. The number of phenols is 2. The number of ether oxygens (including phenoxy) is 2. The van der Waals surface area contributed by atoms with Gasteiger partial charge in [0.25, 0.3) is 0 Å². The predicted molar refractivity (Wildman–Crippen MR) is 110 cm³/mol. The van der Waals surface area contributed by atoms with Crippen molar-refractivity contribution < 1.29 is 28.9 Å². The van der Waals surface area contributed by atoms with Crippen LogP contribution >= 0.6 is 0 Å². The van der Waals surface area contributed by atoms with E-state index in [4.69, 9.17) is 13.9 Å². The number of fused-ring (bicyclic) bond motifs is 3. The van der Waals surface area contributed by atoms with Gasteiger partial charge in [0, 0.05) is 29.2 Å². The lowest BCUT2D eigenvalue weighted by Crippen LogP contribution is -2.22. The SMILES string of the molecule is COc1ccc(-c2cc(=O)c3c(O)cc4c(c3o2)[C@@H](CC(C)C)CC(=O)O4)cc1O. The Morgan fingerprint density at radius 1 is 1.13 bits per heavy atom. The van der Waals surface area contributed by atoms with Crippen LogP contribution in [0.3, 0.4) is 0 Å². The van der Waals surface area contributed by atoms with Gasteiger partial charge in [0.05, 0.1) is 13.5 Å². The van der Waals surface area contributed by atoms with Crippen LogP contribution in [0, 0.1) is 5.92 Å². The van der Waals surface area contributed by atoms with Crippen LogP contribution < -0.4 is 14.9 Å². The molecule has 1 aliphatic rings. The van der Waals surface area contributed by atoms with Gasteiger partial charge in [0.15, 0.2) is 16.9 Å². The molecule has 2 aromatic carbocycles. The zero-order chi connectivity index (χ0) is 21.6. The van der Waals surface area contributed by atoms with Crippen molar-refractivity contribution in [3.05, 3.63) is 46.1 Å². The van der Waals surface area contributed by atoms with Crippen molar-refractivity contribution in [1.29, 1.82) is 0 Å². The highest BCUT2D eigenvalue weighted by atomic mass is 16.5. The largest absolute Gasteiger partial charge is 0.507 e. The maximum Gasteiger partial charge on any atom is 0.311 e. The molecule has 30 heavy (non-hydrogen) atoms. The van der Waals surface area contributed by atoms with Crippen LogP contribution in [0.4, 0.5) is 0 Å². The zero-order valence-corrected chi connectivity index (χ0v) is 16.9. The van der Waals surface area contributed by atoms with E-state index in [1.165, 1.54) is 25.3 Å². The summed E-state index contributed by atoms with van der Waals surface area (Å²) in [6.07, 6.45) is 0.863. The van der Waals surface area contributed by atoms with Crippen molar-refractivity contribution in [2.24, 2.45) is 5.92 Å². The minimum absolute atomic E-state index is 0.0435. The molecule has 0 spiro atoms. The number of phenolic OH excluding ortho intramolecular Hbond substituents is 2. The van der Waals surface area contributed by atoms with Gasteiger partial charge in [-0.2, -0.15) is 0 Å². The number of rotatable bonds is 4. The monoisotopic (exact) mass is 410 g/mol. The molecule has 7 nitrogen and oxygen atoms in total. The first kappa shape index (κ1) is 19.8. The Balaban J connectivity index is 1.98. The van der Waals surface area contributed by atoms with Crippen molar-refractivity contribution in [2.75, 3.05) is 7.11 Å². The average Bonchev–Trinajstić information content (AvgIpc) is 2.66. The van der Waals surface area contributed by atoms with Crippen LogP contribution in [0.2, 0.25) is 0 Å². The number of benzene rings is 2. The molecular weight excluding hydrogens is 388 g/mol. The van der Waals surface area contributed by atoms with E-state index in [1.807, 2.05) is 13.8 Å². The van der Waals surface area contributed by atoms with Gasteiger partial charge in [0.2, 0.25) is 0 Å². The van der Waals surface area contributed by atoms with Crippen molar-refractivity contribution in [1.82, 2.24) is 0 Å². The van der Waals surface area contributed by atoms with Crippen molar-refractivity contribution in [3.8, 4) is 34.3 Å². The average molecular weight is 410 g/mol. The molecule has 2 N–H and O–H groups in total. The summed E-state index contributed by atoms with van der Waals surface area (Å²) in [5.41, 5.74) is 0.841. The molecule has 1 aromatic heterocycles. The normalized spacial score (nSPS) is 15.9. The maximum absolute atomic E-state index is 12.9. The first-order valence-electron chi connectivity index (χ1n) is 9.70. The summed E-state index contributed by atoms with van der Waals surface area (Å²) < 4.78 is 16.5. The number of hydrogen-bond acceptors (Lipinski definition) is 7. The second-order valence-corrected chi connectivity index (χ2v) is 7.88. The summed E-state index contributed by atoms with van der Waals surface area (Å²) >= 11 is 0. The van der Waals surface area contributed by atoms with Gasteiger partial charge in [-0.1, -0.05) is 13.8 Å². The lowest BCUT2D eigenvalue weighted by atomic mass is 9.84. The fourth-order valence-corrected chi connectivity index (χ4v) is 4.01. The summed E-state index contributed by atoms with van der Waals surface area (Å²) in [6.45, 7) is 4.09. The number of esters is 1.